The van der Waals surface area contributed by atoms with Gasteiger partial charge in [-0.3, -0.25) is 0 Å². The summed E-state index contributed by atoms with van der Waals surface area (Å²) in [5.74, 6) is 0. The van der Waals surface area contributed by atoms with Crippen LogP contribution in [-0.2, 0) is 0 Å². The fourth-order valence-corrected chi connectivity index (χ4v) is 1.26. The maximum atomic E-state index is 9.33. The number of aliphatic hydroxyl groups excluding tert-OH is 1. The molecule has 0 saturated carbocycles. The molecule has 0 radical (unpaired) electrons. The fraction of sp³-hybridized carbons (Fsp3) is 0.273. The zero-order chi connectivity index (χ0) is 9.84. The molecule has 0 aromatic heterocycles. The van der Waals surface area contributed by atoms with Crippen molar-refractivity contribution in [2.45, 2.75) is 19.1 Å². The molecule has 0 saturated heterocycles. The third-order valence-corrected chi connectivity index (χ3v) is 2.09. The van der Waals surface area contributed by atoms with Gasteiger partial charge in [-0.1, -0.05) is 36.9 Å². The predicted octanol–water partition coefficient (Wildman–Crippen LogP) is 1.71. The molecule has 2 heteroatoms. The van der Waals surface area contributed by atoms with Gasteiger partial charge in [0, 0.05) is 0 Å². The zero-order valence-electron chi connectivity index (χ0n) is 7.77. The van der Waals surface area contributed by atoms with Gasteiger partial charge in [-0.25, -0.2) is 0 Å². The number of hydrogen-bond donors (Lipinski definition) is 2. The SMILES string of the molecule is C=Cc1ccccc1[C@@H](N)[C@H](C)O. The van der Waals surface area contributed by atoms with Crippen molar-refractivity contribution in [3.63, 3.8) is 0 Å². The molecule has 13 heavy (non-hydrogen) atoms. The molecule has 1 aromatic rings. The average Bonchev–Trinajstić information content (AvgIpc) is 2.16. The van der Waals surface area contributed by atoms with E-state index in [0.29, 0.717) is 0 Å². The molecule has 0 unspecified atom stereocenters. The van der Waals surface area contributed by atoms with Crippen molar-refractivity contribution in [3.05, 3.63) is 42.0 Å². The van der Waals surface area contributed by atoms with Crippen LogP contribution in [0.4, 0.5) is 0 Å². The topological polar surface area (TPSA) is 46.2 Å². The minimum Gasteiger partial charge on any atom is -0.391 e. The minimum atomic E-state index is -0.541. The number of nitrogens with two attached hydrogens (primary N) is 1. The second-order valence-corrected chi connectivity index (χ2v) is 3.10. The van der Waals surface area contributed by atoms with Gasteiger partial charge in [0.1, 0.15) is 0 Å². The van der Waals surface area contributed by atoms with Gasteiger partial charge in [0.25, 0.3) is 0 Å². The molecule has 1 aromatic carbocycles. The molecular weight excluding hydrogens is 162 g/mol. The monoisotopic (exact) mass is 177 g/mol. The third kappa shape index (κ3) is 2.17. The van der Waals surface area contributed by atoms with Crippen molar-refractivity contribution in [2.75, 3.05) is 0 Å². The van der Waals surface area contributed by atoms with Gasteiger partial charge in [-0.05, 0) is 18.1 Å². The minimum absolute atomic E-state index is 0.339. The van der Waals surface area contributed by atoms with Gasteiger partial charge < -0.3 is 10.8 Å². The largest absolute Gasteiger partial charge is 0.391 e. The molecular formula is C11H15NO. The lowest BCUT2D eigenvalue weighted by Crippen LogP contribution is -2.23. The van der Waals surface area contributed by atoms with E-state index in [1.807, 2.05) is 24.3 Å². The summed E-state index contributed by atoms with van der Waals surface area (Å²) in [6.45, 7) is 5.38. The van der Waals surface area contributed by atoms with Crippen LogP contribution in [0.1, 0.15) is 24.1 Å². The molecule has 0 aliphatic carbocycles. The second kappa shape index (κ2) is 4.21. The van der Waals surface area contributed by atoms with E-state index >= 15 is 0 Å². The van der Waals surface area contributed by atoms with E-state index in [1.165, 1.54) is 0 Å². The quantitative estimate of drug-likeness (QED) is 0.738. The summed E-state index contributed by atoms with van der Waals surface area (Å²) in [6.07, 6.45) is 1.21. The molecule has 0 heterocycles. The van der Waals surface area contributed by atoms with Crippen molar-refractivity contribution in [2.24, 2.45) is 5.73 Å². The van der Waals surface area contributed by atoms with E-state index in [9.17, 15) is 5.11 Å². The Balaban J connectivity index is 3.05. The summed E-state index contributed by atoms with van der Waals surface area (Å²) >= 11 is 0. The number of benzene rings is 1. The first kappa shape index (κ1) is 9.96. The summed E-state index contributed by atoms with van der Waals surface area (Å²) < 4.78 is 0. The van der Waals surface area contributed by atoms with E-state index < -0.39 is 6.10 Å². The van der Waals surface area contributed by atoms with Gasteiger partial charge in [0.15, 0.2) is 0 Å². The molecule has 3 N–H and O–H groups in total. The highest BCUT2D eigenvalue weighted by Crippen LogP contribution is 2.19. The Morgan fingerprint density at radius 2 is 2.08 bits per heavy atom. The second-order valence-electron chi connectivity index (χ2n) is 3.10. The van der Waals surface area contributed by atoms with E-state index in [2.05, 4.69) is 6.58 Å². The first-order valence-corrected chi connectivity index (χ1v) is 4.32. The van der Waals surface area contributed by atoms with Crippen LogP contribution in [0.25, 0.3) is 6.08 Å². The van der Waals surface area contributed by atoms with Gasteiger partial charge >= 0.3 is 0 Å². The first-order valence-electron chi connectivity index (χ1n) is 4.32. The summed E-state index contributed by atoms with van der Waals surface area (Å²) in [4.78, 5) is 0. The molecule has 0 aliphatic rings. The number of aliphatic hydroxyl groups is 1. The van der Waals surface area contributed by atoms with Crippen molar-refractivity contribution in [1.29, 1.82) is 0 Å². The van der Waals surface area contributed by atoms with Gasteiger partial charge in [-0.15, -0.1) is 0 Å². The van der Waals surface area contributed by atoms with Gasteiger partial charge in [-0.2, -0.15) is 0 Å². The Morgan fingerprint density at radius 3 is 2.62 bits per heavy atom. The standard InChI is InChI=1S/C11H15NO/c1-3-9-6-4-5-7-10(9)11(12)8(2)13/h3-8,11,13H,1,12H2,2H3/t8-,11-/m0/s1. The highest BCUT2D eigenvalue weighted by atomic mass is 16.3. The lowest BCUT2D eigenvalue weighted by molar-refractivity contribution is 0.164. The zero-order valence-corrected chi connectivity index (χ0v) is 7.77. The number of hydrogen-bond acceptors (Lipinski definition) is 2. The van der Waals surface area contributed by atoms with Crippen molar-refractivity contribution >= 4 is 6.08 Å². The Hall–Kier alpha value is -1.12. The van der Waals surface area contributed by atoms with Crippen LogP contribution in [0, 0.1) is 0 Å². The maximum Gasteiger partial charge on any atom is 0.0704 e. The molecule has 0 fully saturated rings. The van der Waals surface area contributed by atoms with Crippen LogP contribution in [0.15, 0.2) is 30.8 Å². The average molecular weight is 177 g/mol. The van der Waals surface area contributed by atoms with Crippen LogP contribution >= 0.6 is 0 Å². The molecule has 2 nitrogen and oxygen atoms in total. The Morgan fingerprint density at radius 1 is 1.46 bits per heavy atom. The maximum absolute atomic E-state index is 9.33. The summed E-state index contributed by atoms with van der Waals surface area (Å²) in [7, 11) is 0. The molecule has 0 spiro atoms. The summed E-state index contributed by atoms with van der Waals surface area (Å²) in [6, 6.07) is 7.34. The van der Waals surface area contributed by atoms with Crippen LogP contribution < -0.4 is 5.73 Å². The van der Waals surface area contributed by atoms with Crippen LogP contribution in [-0.4, -0.2) is 11.2 Å². The van der Waals surface area contributed by atoms with E-state index in [-0.39, 0.29) is 6.04 Å². The molecule has 2 atom stereocenters. The lowest BCUT2D eigenvalue weighted by atomic mass is 9.98. The smallest absolute Gasteiger partial charge is 0.0704 e. The third-order valence-electron chi connectivity index (χ3n) is 2.09. The normalized spacial score (nSPS) is 15.0. The Kier molecular flexibility index (Phi) is 3.23. The fourth-order valence-electron chi connectivity index (χ4n) is 1.26. The predicted molar refractivity (Wildman–Crippen MR) is 55.1 cm³/mol. The van der Waals surface area contributed by atoms with Crippen LogP contribution in [0.3, 0.4) is 0 Å². The lowest BCUT2D eigenvalue weighted by Gasteiger charge is -2.17. The molecule has 70 valence electrons. The highest BCUT2D eigenvalue weighted by molar-refractivity contribution is 5.52. The number of rotatable bonds is 3. The molecule has 0 bridgehead atoms. The van der Waals surface area contributed by atoms with E-state index in [4.69, 9.17) is 5.73 Å². The molecule has 0 aliphatic heterocycles. The van der Waals surface area contributed by atoms with Crippen molar-refractivity contribution in [1.82, 2.24) is 0 Å². The highest BCUT2D eigenvalue weighted by Gasteiger charge is 2.13. The first-order chi connectivity index (χ1) is 6.16. The summed E-state index contributed by atoms with van der Waals surface area (Å²) in [5.41, 5.74) is 7.74. The van der Waals surface area contributed by atoms with Crippen molar-refractivity contribution < 1.29 is 5.11 Å². The van der Waals surface area contributed by atoms with E-state index in [1.54, 1.807) is 13.0 Å². The van der Waals surface area contributed by atoms with E-state index in [0.717, 1.165) is 11.1 Å². The Bertz CT molecular complexity index is 294. The molecule has 0 amide bonds. The van der Waals surface area contributed by atoms with Gasteiger partial charge in [0.05, 0.1) is 12.1 Å². The Labute approximate surface area is 78.7 Å². The molecule has 1 rings (SSSR count). The van der Waals surface area contributed by atoms with Crippen molar-refractivity contribution in [3.8, 4) is 0 Å². The van der Waals surface area contributed by atoms with Gasteiger partial charge in [0.2, 0.25) is 0 Å². The van der Waals surface area contributed by atoms with Crippen LogP contribution in [0.5, 0.6) is 0 Å². The summed E-state index contributed by atoms with van der Waals surface area (Å²) in [5, 5.41) is 9.33. The van der Waals surface area contributed by atoms with Crippen LogP contribution in [0.2, 0.25) is 0 Å².